The van der Waals surface area contributed by atoms with Crippen LogP contribution in [0.25, 0.3) is 39.5 Å². The quantitative estimate of drug-likeness (QED) is 0.475. The van der Waals surface area contributed by atoms with Crippen molar-refractivity contribution in [2.24, 2.45) is 0 Å². The van der Waals surface area contributed by atoms with Crippen LogP contribution in [-0.2, 0) is 6.18 Å². The number of para-hydroxylation sites is 1. The van der Waals surface area contributed by atoms with Crippen molar-refractivity contribution in [2.75, 3.05) is 0 Å². The first-order valence-electron chi connectivity index (χ1n) is 8.71. The van der Waals surface area contributed by atoms with Gasteiger partial charge in [-0.15, -0.1) is 5.10 Å². The van der Waals surface area contributed by atoms with Crippen molar-refractivity contribution in [3.8, 4) is 23.0 Å². The Balaban J connectivity index is 1.61. The number of fused-ring (bicyclic) bond motifs is 2. The summed E-state index contributed by atoms with van der Waals surface area (Å²) in [6.07, 6.45) is -3.28. The zero-order valence-corrected chi connectivity index (χ0v) is 15.2. The van der Waals surface area contributed by atoms with Gasteiger partial charge in [-0.1, -0.05) is 17.3 Å². The SMILES string of the molecule is Cc1c(-c2nc3ccc(-c4nc(C(F)(F)F)no4)cn3n2)[nH]c2ccccc2c1=O. The van der Waals surface area contributed by atoms with Gasteiger partial charge in [-0.25, -0.2) is 9.50 Å². The molecule has 0 bridgehead atoms. The lowest BCUT2D eigenvalue weighted by Crippen LogP contribution is -2.09. The third-order valence-corrected chi connectivity index (χ3v) is 4.63. The normalized spacial score (nSPS) is 12.1. The lowest BCUT2D eigenvalue weighted by atomic mass is 10.1. The van der Waals surface area contributed by atoms with Crippen molar-refractivity contribution in [1.82, 2.24) is 29.7 Å². The average Bonchev–Trinajstić information content (AvgIpc) is 3.37. The van der Waals surface area contributed by atoms with Gasteiger partial charge in [-0.05, 0) is 31.2 Å². The molecule has 0 aliphatic heterocycles. The van der Waals surface area contributed by atoms with Gasteiger partial charge in [0.1, 0.15) is 0 Å². The Kier molecular flexibility index (Phi) is 3.75. The van der Waals surface area contributed by atoms with Crippen molar-refractivity contribution in [1.29, 1.82) is 0 Å². The average molecular weight is 412 g/mol. The summed E-state index contributed by atoms with van der Waals surface area (Å²) < 4.78 is 44.2. The topological polar surface area (TPSA) is 102 Å². The molecule has 0 radical (unpaired) electrons. The molecule has 4 heterocycles. The van der Waals surface area contributed by atoms with Crippen LogP contribution in [0.3, 0.4) is 0 Å². The number of alkyl halides is 3. The first-order valence-corrected chi connectivity index (χ1v) is 8.71. The van der Waals surface area contributed by atoms with E-state index in [-0.39, 0.29) is 22.7 Å². The smallest absolute Gasteiger partial charge is 0.351 e. The molecule has 5 aromatic rings. The van der Waals surface area contributed by atoms with Crippen LogP contribution in [0, 0.1) is 6.92 Å². The highest BCUT2D eigenvalue weighted by Crippen LogP contribution is 2.29. The van der Waals surface area contributed by atoms with E-state index in [9.17, 15) is 18.0 Å². The summed E-state index contributed by atoms with van der Waals surface area (Å²) >= 11 is 0. The number of rotatable bonds is 2. The minimum atomic E-state index is -4.70. The molecule has 0 aliphatic rings. The predicted octanol–water partition coefficient (Wildman–Crippen LogP) is 3.62. The lowest BCUT2D eigenvalue weighted by Gasteiger charge is -2.04. The van der Waals surface area contributed by atoms with Crippen molar-refractivity contribution < 1.29 is 17.7 Å². The van der Waals surface area contributed by atoms with Gasteiger partial charge in [0.15, 0.2) is 16.9 Å². The summed E-state index contributed by atoms with van der Waals surface area (Å²) in [4.78, 5) is 23.6. The molecule has 1 aromatic carbocycles. The van der Waals surface area contributed by atoms with E-state index in [2.05, 4.69) is 25.2 Å². The fourth-order valence-electron chi connectivity index (χ4n) is 3.13. The van der Waals surface area contributed by atoms with Crippen LogP contribution >= 0.6 is 0 Å². The minimum Gasteiger partial charge on any atom is -0.351 e. The van der Waals surface area contributed by atoms with Crippen molar-refractivity contribution in [2.45, 2.75) is 13.1 Å². The second-order valence-electron chi connectivity index (χ2n) is 6.58. The molecule has 0 aliphatic carbocycles. The molecule has 0 fully saturated rings. The first-order chi connectivity index (χ1) is 14.3. The molecule has 8 nitrogen and oxygen atoms in total. The van der Waals surface area contributed by atoms with Crippen molar-refractivity contribution in [3.63, 3.8) is 0 Å². The molecular weight excluding hydrogens is 401 g/mol. The summed E-state index contributed by atoms with van der Waals surface area (Å²) in [5.74, 6) is -1.38. The van der Waals surface area contributed by atoms with E-state index < -0.39 is 12.0 Å². The summed E-state index contributed by atoms with van der Waals surface area (Å²) in [6.45, 7) is 1.68. The highest BCUT2D eigenvalue weighted by molar-refractivity contribution is 5.82. The molecule has 5 rings (SSSR count). The van der Waals surface area contributed by atoms with E-state index in [1.54, 1.807) is 37.3 Å². The highest BCUT2D eigenvalue weighted by Gasteiger charge is 2.37. The van der Waals surface area contributed by atoms with Gasteiger partial charge in [0, 0.05) is 22.7 Å². The number of H-pyrrole nitrogens is 1. The summed E-state index contributed by atoms with van der Waals surface area (Å²) in [5, 5.41) is 7.86. The Morgan fingerprint density at radius 1 is 1.10 bits per heavy atom. The maximum Gasteiger partial charge on any atom is 0.455 e. The molecule has 0 saturated carbocycles. The fourth-order valence-corrected chi connectivity index (χ4v) is 3.13. The third kappa shape index (κ3) is 2.82. The van der Waals surface area contributed by atoms with Gasteiger partial charge in [0.05, 0.1) is 11.3 Å². The van der Waals surface area contributed by atoms with Crippen LogP contribution in [0.2, 0.25) is 0 Å². The van der Waals surface area contributed by atoms with Crippen LogP contribution in [0.15, 0.2) is 51.9 Å². The summed E-state index contributed by atoms with van der Waals surface area (Å²) in [5.41, 5.74) is 2.10. The van der Waals surface area contributed by atoms with Crippen LogP contribution in [-0.4, -0.2) is 29.7 Å². The van der Waals surface area contributed by atoms with E-state index >= 15 is 0 Å². The molecule has 4 aromatic heterocycles. The zero-order chi connectivity index (χ0) is 21.0. The number of aromatic nitrogens is 6. The second-order valence-corrected chi connectivity index (χ2v) is 6.58. The standard InChI is InChI=1S/C19H11F3N6O2/c1-9-14(23-12-5-3-2-4-11(12)15(9)29)16-24-13-7-6-10(8-28(13)26-16)17-25-18(27-30-17)19(20,21)22/h2-8H,1H3,(H,23,29). The molecule has 0 saturated heterocycles. The molecular formula is C19H11F3N6O2. The van der Waals surface area contributed by atoms with E-state index in [0.717, 1.165) is 0 Å². The van der Waals surface area contributed by atoms with Crippen molar-refractivity contribution in [3.05, 3.63) is 64.2 Å². The van der Waals surface area contributed by atoms with Gasteiger partial charge in [0.2, 0.25) is 0 Å². The monoisotopic (exact) mass is 412 g/mol. The number of pyridine rings is 2. The number of hydrogen-bond donors (Lipinski definition) is 1. The number of aromatic amines is 1. The van der Waals surface area contributed by atoms with E-state index in [4.69, 9.17) is 4.52 Å². The predicted molar refractivity (Wildman–Crippen MR) is 99.6 cm³/mol. The Bertz CT molecular complexity index is 1480. The number of nitrogens with one attached hydrogen (secondary N) is 1. The van der Waals surface area contributed by atoms with Gasteiger partial charge < -0.3 is 9.51 Å². The molecule has 30 heavy (non-hydrogen) atoms. The highest BCUT2D eigenvalue weighted by atomic mass is 19.4. The number of halogens is 3. The van der Waals surface area contributed by atoms with Gasteiger partial charge >= 0.3 is 6.18 Å². The summed E-state index contributed by atoms with van der Waals surface area (Å²) in [6, 6.07) is 10.1. The molecule has 0 amide bonds. The minimum absolute atomic E-state index is 0.135. The number of nitrogens with zero attached hydrogens (tertiary/aromatic N) is 5. The molecule has 0 spiro atoms. The van der Waals surface area contributed by atoms with Crippen LogP contribution in [0.5, 0.6) is 0 Å². The Morgan fingerprint density at radius 2 is 1.90 bits per heavy atom. The Morgan fingerprint density at radius 3 is 2.67 bits per heavy atom. The fraction of sp³-hybridized carbons (Fsp3) is 0.105. The van der Waals surface area contributed by atoms with Crippen LogP contribution in [0.4, 0.5) is 13.2 Å². The van der Waals surface area contributed by atoms with Crippen LogP contribution in [0.1, 0.15) is 11.4 Å². The van der Waals surface area contributed by atoms with Crippen molar-refractivity contribution >= 4 is 16.6 Å². The van der Waals surface area contributed by atoms with E-state index in [0.29, 0.717) is 27.8 Å². The molecule has 0 unspecified atom stereocenters. The van der Waals surface area contributed by atoms with Gasteiger partial charge in [0.25, 0.3) is 11.7 Å². The lowest BCUT2D eigenvalue weighted by molar-refractivity contribution is -0.146. The summed E-state index contributed by atoms with van der Waals surface area (Å²) in [7, 11) is 0. The second kappa shape index (κ2) is 6.24. The number of benzene rings is 1. The number of hydrogen-bond acceptors (Lipinski definition) is 6. The Labute approximate surface area is 165 Å². The molecule has 150 valence electrons. The maximum absolute atomic E-state index is 12.7. The third-order valence-electron chi connectivity index (χ3n) is 4.63. The Hall–Kier alpha value is -4.02. The molecule has 0 atom stereocenters. The van der Waals surface area contributed by atoms with Gasteiger partial charge in [-0.2, -0.15) is 18.2 Å². The van der Waals surface area contributed by atoms with Crippen LogP contribution < -0.4 is 5.43 Å². The first kappa shape index (κ1) is 18.0. The van der Waals surface area contributed by atoms with E-state index in [1.165, 1.54) is 16.8 Å². The van der Waals surface area contributed by atoms with Gasteiger partial charge in [-0.3, -0.25) is 4.79 Å². The molecule has 11 heteroatoms. The van der Waals surface area contributed by atoms with E-state index in [1.807, 2.05) is 0 Å². The molecule has 1 N–H and O–H groups in total. The largest absolute Gasteiger partial charge is 0.455 e. The zero-order valence-electron chi connectivity index (χ0n) is 15.2. The maximum atomic E-state index is 12.7.